The number of carboxylic acids is 2. The van der Waals surface area contributed by atoms with E-state index in [4.69, 9.17) is 9.15 Å². The van der Waals surface area contributed by atoms with Crippen LogP contribution >= 0.6 is 21.6 Å². The fourth-order valence-corrected chi connectivity index (χ4v) is 8.22. The lowest BCUT2D eigenvalue weighted by Gasteiger charge is -2.18. The molecule has 1 amide bonds. The van der Waals surface area contributed by atoms with Crippen LogP contribution in [-0.2, 0) is 16.0 Å². The zero-order valence-corrected chi connectivity index (χ0v) is 25.3. The summed E-state index contributed by atoms with van der Waals surface area (Å²) < 4.78 is 11.6. The van der Waals surface area contributed by atoms with Crippen molar-refractivity contribution in [1.82, 2.24) is 5.32 Å². The number of carbonyl (C=O) groups excluding carboxylic acids is 1. The molecule has 0 radical (unpaired) electrons. The third kappa shape index (κ3) is 7.37. The van der Waals surface area contributed by atoms with Gasteiger partial charge in [0.2, 0.25) is 5.91 Å². The van der Waals surface area contributed by atoms with Crippen molar-refractivity contribution >= 4 is 50.4 Å². The number of nitrogens with one attached hydrogen (secondary N) is 1. The Morgan fingerprint density at radius 1 is 1.00 bits per heavy atom. The highest BCUT2D eigenvalue weighted by molar-refractivity contribution is 8.77. The van der Waals surface area contributed by atoms with Gasteiger partial charge in [0.1, 0.15) is 17.1 Å². The summed E-state index contributed by atoms with van der Waals surface area (Å²) in [4.78, 5) is 48.4. The Labute approximate surface area is 260 Å². The molecule has 2 aromatic rings. The Bertz CT molecular complexity index is 1730. The van der Waals surface area contributed by atoms with Crippen molar-refractivity contribution in [3.8, 4) is 28.2 Å². The van der Waals surface area contributed by atoms with Crippen LogP contribution in [0.4, 0.5) is 0 Å². The maximum Gasteiger partial charge on any atom is 0.336 e. The van der Waals surface area contributed by atoms with Crippen LogP contribution in [0.5, 0.6) is 5.75 Å². The molecule has 2 heterocycles. The second kappa shape index (κ2) is 14.2. The third-order valence-corrected chi connectivity index (χ3v) is 10.4. The number of fused-ring (bicyclic) bond motifs is 2. The van der Waals surface area contributed by atoms with E-state index in [1.54, 1.807) is 6.07 Å². The van der Waals surface area contributed by atoms with Gasteiger partial charge in [-0.05, 0) is 67.1 Å². The van der Waals surface area contributed by atoms with Gasteiger partial charge in [0.05, 0.1) is 17.7 Å². The van der Waals surface area contributed by atoms with Crippen molar-refractivity contribution in [3.05, 3.63) is 75.4 Å². The van der Waals surface area contributed by atoms with E-state index < -0.39 is 11.9 Å². The smallest absolute Gasteiger partial charge is 0.336 e. The highest BCUT2D eigenvalue weighted by Crippen LogP contribution is 2.43. The van der Waals surface area contributed by atoms with Crippen molar-refractivity contribution in [2.75, 3.05) is 25.5 Å². The fourth-order valence-electron chi connectivity index (χ4n) is 5.19. The van der Waals surface area contributed by atoms with Crippen LogP contribution in [0, 0.1) is 0 Å². The van der Waals surface area contributed by atoms with Crippen LogP contribution in [0.3, 0.4) is 0 Å². The van der Waals surface area contributed by atoms with Crippen molar-refractivity contribution in [2.24, 2.45) is 0 Å². The van der Waals surface area contributed by atoms with Gasteiger partial charge in [-0.1, -0.05) is 27.7 Å². The van der Waals surface area contributed by atoms with E-state index in [0.29, 0.717) is 47.1 Å². The predicted molar refractivity (Wildman–Crippen MR) is 170 cm³/mol. The summed E-state index contributed by atoms with van der Waals surface area (Å²) in [6, 6.07) is 10.9. The molecule has 1 aliphatic carbocycles. The number of ether oxygens (including phenoxy) is 1. The number of carbonyl (C=O) groups is 3. The SMILES string of the molecule is O=C(CCc1cc2c(-c3ccc(C(=O)O)cc3C(=O)O)c3ccc(=O)cc-3oc2cc1O)NCCOCCCC1CCSS1. The number of aromatic hydroxyl groups is 1. The number of phenols is 1. The van der Waals surface area contributed by atoms with Gasteiger partial charge in [0, 0.05) is 59.2 Å². The van der Waals surface area contributed by atoms with Crippen LogP contribution in [0.2, 0.25) is 0 Å². The van der Waals surface area contributed by atoms with E-state index >= 15 is 0 Å². The first-order valence-electron chi connectivity index (χ1n) is 14.2. The van der Waals surface area contributed by atoms with Gasteiger partial charge in [0.15, 0.2) is 5.43 Å². The van der Waals surface area contributed by atoms with Crippen molar-refractivity contribution in [1.29, 1.82) is 0 Å². The van der Waals surface area contributed by atoms with E-state index in [1.165, 1.54) is 48.6 Å². The van der Waals surface area contributed by atoms with Crippen molar-refractivity contribution < 1.29 is 38.9 Å². The summed E-state index contributed by atoms with van der Waals surface area (Å²) in [5.41, 5.74) is 0.874. The molecule has 0 aromatic heterocycles. The van der Waals surface area contributed by atoms with E-state index in [-0.39, 0.29) is 58.0 Å². The summed E-state index contributed by atoms with van der Waals surface area (Å²) in [6.45, 7) is 1.44. The van der Waals surface area contributed by atoms with E-state index in [1.807, 2.05) is 21.6 Å². The lowest BCUT2D eigenvalue weighted by atomic mass is 9.89. The van der Waals surface area contributed by atoms with Gasteiger partial charge in [0.25, 0.3) is 0 Å². The molecule has 10 nitrogen and oxygen atoms in total. The summed E-state index contributed by atoms with van der Waals surface area (Å²) in [6.07, 6.45) is 3.65. The minimum absolute atomic E-state index is 0.0862. The van der Waals surface area contributed by atoms with Crippen molar-refractivity contribution in [2.45, 2.75) is 37.4 Å². The second-order valence-corrected chi connectivity index (χ2v) is 13.2. The molecule has 2 aliphatic heterocycles. The molecule has 1 atom stereocenters. The average Bonchev–Trinajstić information content (AvgIpc) is 3.51. The van der Waals surface area contributed by atoms with Gasteiger partial charge < -0.3 is 29.8 Å². The maximum absolute atomic E-state index is 12.5. The number of carboxylic acid groups (broad SMARTS) is 2. The quantitative estimate of drug-likeness (QED) is 0.0812. The Kier molecular flexibility index (Phi) is 10.1. The highest BCUT2D eigenvalue weighted by atomic mass is 33.1. The largest absolute Gasteiger partial charge is 0.508 e. The van der Waals surface area contributed by atoms with E-state index in [9.17, 15) is 34.5 Å². The molecule has 2 aromatic carbocycles. The minimum Gasteiger partial charge on any atom is -0.508 e. The lowest BCUT2D eigenvalue weighted by molar-refractivity contribution is -0.121. The molecule has 0 bridgehead atoms. The number of benzene rings is 3. The number of rotatable bonds is 13. The monoisotopic (exact) mass is 637 g/mol. The van der Waals surface area contributed by atoms with Crippen molar-refractivity contribution in [3.63, 3.8) is 0 Å². The normalized spacial score (nSPS) is 14.7. The molecule has 1 unspecified atom stereocenters. The van der Waals surface area contributed by atoms with Gasteiger partial charge in [-0.2, -0.15) is 0 Å². The van der Waals surface area contributed by atoms with Crippen LogP contribution in [-0.4, -0.2) is 63.9 Å². The maximum atomic E-state index is 12.5. The zero-order valence-electron chi connectivity index (χ0n) is 23.7. The third-order valence-electron chi connectivity index (χ3n) is 7.39. The molecule has 1 saturated heterocycles. The molecule has 1 fully saturated rings. The summed E-state index contributed by atoms with van der Waals surface area (Å²) in [7, 11) is 3.87. The summed E-state index contributed by atoms with van der Waals surface area (Å²) in [5.74, 6) is -1.57. The van der Waals surface area contributed by atoms with Gasteiger partial charge in [-0.15, -0.1) is 0 Å². The Morgan fingerprint density at radius 3 is 2.57 bits per heavy atom. The predicted octanol–water partition coefficient (Wildman–Crippen LogP) is 5.67. The molecule has 3 aliphatic rings. The van der Waals surface area contributed by atoms with E-state index in [2.05, 4.69) is 5.32 Å². The van der Waals surface area contributed by atoms with Gasteiger partial charge in [-0.3, -0.25) is 9.59 Å². The van der Waals surface area contributed by atoms with Crippen LogP contribution in [0.25, 0.3) is 33.4 Å². The highest BCUT2D eigenvalue weighted by Gasteiger charge is 2.24. The first kappa shape index (κ1) is 31.4. The van der Waals surface area contributed by atoms with Crippen LogP contribution < -0.4 is 10.7 Å². The summed E-state index contributed by atoms with van der Waals surface area (Å²) in [5, 5.41) is 34.2. The fraction of sp³-hybridized carbons (Fsp3) is 0.312. The number of aromatic carboxylic acids is 2. The average molecular weight is 638 g/mol. The Balaban J connectivity index is 1.35. The second-order valence-electron chi connectivity index (χ2n) is 10.4. The molecule has 4 N–H and O–H groups in total. The molecule has 230 valence electrons. The number of hydrogen-bond donors (Lipinski definition) is 4. The number of aryl methyl sites for hydroxylation is 1. The molecule has 0 saturated carbocycles. The van der Waals surface area contributed by atoms with Crippen LogP contribution in [0.15, 0.2) is 57.7 Å². The molecular weight excluding hydrogens is 606 g/mol. The number of phenolic OH excluding ortho intramolecular Hbond substituents is 1. The topological polar surface area (TPSA) is 163 Å². The minimum atomic E-state index is -1.34. The Hall–Kier alpha value is -4.00. The van der Waals surface area contributed by atoms with Gasteiger partial charge >= 0.3 is 11.9 Å². The van der Waals surface area contributed by atoms with Gasteiger partial charge in [-0.25, -0.2) is 9.59 Å². The molecule has 5 rings (SSSR count). The molecular formula is C32H31NO9S2. The summed E-state index contributed by atoms with van der Waals surface area (Å²) >= 11 is 0. The van der Waals surface area contributed by atoms with Crippen LogP contribution in [0.1, 0.15) is 52.0 Å². The molecule has 0 spiro atoms. The Morgan fingerprint density at radius 2 is 1.82 bits per heavy atom. The first-order chi connectivity index (χ1) is 21.2. The molecule has 12 heteroatoms. The molecule has 44 heavy (non-hydrogen) atoms. The number of hydrogen-bond acceptors (Lipinski definition) is 9. The zero-order chi connectivity index (χ0) is 31.2. The van der Waals surface area contributed by atoms with E-state index in [0.717, 1.165) is 18.9 Å². The number of amides is 1. The first-order valence-corrected chi connectivity index (χ1v) is 16.6. The lowest BCUT2D eigenvalue weighted by Crippen LogP contribution is -2.27. The standard InChI is InChI=1S/C32H31NO9S2/c34-20-5-7-23-27(16-20)42-28-17-26(35)18(4-8-29(36)33-10-12-41-11-1-2-21-9-13-43-44-21)14-25(28)30(23)22-6-3-19(31(37)38)15-24(22)32(39)40/h3,5-7,14-17,21,35H,1-2,4,8-13H2,(H,33,36)(H,37,38)(H,39,40).